The molecule has 1 aliphatic heterocycles. The molecule has 0 aromatic heterocycles. The van der Waals surface area contributed by atoms with Crippen molar-refractivity contribution in [2.45, 2.75) is 31.7 Å². The zero-order valence-electron chi connectivity index (χ0n) is 8.57. The summed E-state index contributed by atoms with van der Waals surface area (Å²) in [6.07, 6.45) is 3.11. The van der Waals surface area contributed by atoms with Crippen LogP contribution < -0.4 is 5.73 Å². The molecule has 14 heavy (non-hydrogen) atoms. The van der Waals surface area contributed by atoms with Gasteiger partial charge in [0.1, 0.15) is 0 Å². The summed E-state index contributed by atoms with van der Waals surface area (Å²) in [5.41, 5.74) is 5.53. The van der Waals surface area contributed by atoms with E-state index in [-0.39, 0.29) is 11.3 Å². The molecule has 2 N–H and O–H groups in total. The van der Waals surface area contributed by atoms with Gasteiger partial charge in [-0.15, -0.1) is 0 Å². The Morgan fingerprint density at radius 3 is 2.86 bits per heavy atom. The molecule has 2 rings (SSSR count). The molecule has 0 aromatic carbocycles. The molecule has 0 radical (unpaired) electrons. The highest BCUT2D eigenvalue weighted by atomic mass is 32.2. The average molecular weight is 218 g/mol. The predicted octanol–water partition coefficient (Wildman–Crippen LogP) is 0.149. The highest BCUT2D eigenvalue weighted by molar-refractivity contribution is 7.89. The summed E-state index contributed by atoms with van der Waals surface area (Å²) in [5.74, 6) is 0.726. The standard InChI is InChI=1S/C9H18N2O2S/c1-2-14(12,13)11-5-3-4-8-6-9(8,11)7-10/h8H,2-7,10H2,1H3. The summed E-state index contributed by atoms with van der Waals surface area (Å²) < 4.78 is 25.3. The monoisotopic (exact) mass is 218 g/mol. The normalized spacial score (nSPS) is 38.0. The number of piperidine rings is 1. The molecule has 0 spiro atoms. The van der Waals surface area contributed by atoms with Crippen LogP contribution in [-0.4, -0.2) is 37.1 Å². The molecule has 82 valence electrons. The predicted molar refractivity (Wildman–Crippen MR) is 55.3 cm³/mol. The van der Waals surface area contributed by atoms with Crippen molar-refractivity contribution in [3.05, 3.63) is 0 Å². The summed E-state index contributed by atoms with van der Waals surface area (Å²) in [6, 6.07) is 0. The lowest BCUT2D eigenvalue weighted by Crippen LogP contribution is -2.50. The van der Waals surface area contributed by atoms with Crippen LogP contribution in [-0.2, 0) is 10.0 Å². The third-order valence-corrected chi connectivity index (χ3v) is 5.61. The van der Waals surface area contributed by atoms with Crippen molar-refractivity contribution < 1.29 is 8.42 Å². The topological polar surface area (TPSA) is 63.4 Å². The molecule has 0 aromatic rings. The Bertz CT molecular complexity index is 328. The van der Waals surface area contributed by atoms with E-state index in [1.54, 1.807) is 11.2 Å². The fraction of sp³-hybridized carbons (Fsp3) is 1.00. The third-order valence-electron chi connectivity index (χ3n) is 3.66. The van der Waals surface area contributed by atoms with Gasteiger partial charge < -0.3 is 5.73 Å². The number of hydrogen-bond donors (Lipinski definition) is 1. The van der Waals surface area contributed by atoms with Gasteiger partial charge in [-0.25, -0.2) is 8.42 Å². The van der Waals surface area contributed by atoms with Gasteiger partial charge in [-0.05, 0) is 32.1 Å². The number of rotatable bonds is 3. The van der Waals surface area contributed by atoms with Gasteiger partial charge in [0.15, 0.2) is 0 Å². The van der Waals surface area contributed by atoms with Crippen LogP contribution >= 0.6 is 0 Å². The highest BCUT2D eigenvalue weighted by Crippen LogP contribution is 2.54. The van der Waals surface area contributed by atoms with Crippen LogP contribution in [0.15, 0.2) is 0 Å². The van der Waals surface area contributed by atoms with Gasteiger partial charge in [-0.1, -0.05) is 0 Å². The molecule has 2 atom stereocenters. The maximum atomic E-state index is 11.8. The lowest BCUT2D eigenvalue weighted by atomic mass is 10.1. The molecule has 4 nitrogen and oxygen atoms in total. The Labute approximate surface area is 85.5 Å². The minimum Gasteiger partial charge on any atom is -0.329 e. The number of sulfonamides is 1. The van der Waals surface area contributed by atoms with Crippen LogP contribution in [0.4, 0.5) is 0 Å². The summed E-state index contributed by atoms with van der Waals surface area (Å²) in [4.78, 5) is 0. The molecule has 2 unspecified atom stereocenters. The molecule has 0 amide bonds. The second kappa shape index (κ2) is 3.18. The van der Waals surface area contributed by atoms with E-state index in [1.807, 2.05) is 0 Å². The molecule has 0 bridgehead atoms. The Balaban J connectivity index is 2.26. The molecule has 5 heteroatoms. The first-order chi connectivity index (χ1) is 6.57. The van der Waals surface area contributed by atoms with Crippen molar-refractivity contribution in [1.29, 1.82) is 0 Å². The molecule has 2 aliphatic rings. The smallest absolute Gasteiger partial charge is 0.214 e. The second-order valence-corrected chi connectivity index (χ2v) is 6.51. The minimum atomic E-state index is -3.05. The largest absolute Gasteiger partial charge is 0.329 e. The van der Waals surface area contributed by atoms with E-state index >= 15 is 0 Å². The van der Waals surface area contributed by atoms with Gasteiger partial charge in [0, 0.05) is 13.1 Å². The van der Waals surface area contributed by atoms with E-state index in [4.69, 9.17) is 5.73 Å². The van der Waals surface area contributed by atoms with Crippen molar-refractivity contribution in [3.8, 4) is 0 Å². The number of nitrogens with two attached hydrogens (primary N) is 1. The fourth-order valence-corrected chi connectivity index (χ4v) is 4.24. The second-order valence-electron chi connectivity index (χ2n) is 4.32. The Kier molecular flexibility index (Phi) is 2.36. The number of hydrogen-bond acceptors (Lipinski definition) is 3. The Hall–Kier alpha value is -0.130. The molecule has 2 fully saturated rings. The maximum Gasteiger partial charge on any atom is 0.214 e. The fourth-order valence-electron chi connectivity index (χ4n) is 2.67. The van der Waals surface area contributed by atoms with Crippen LogP contribution in [0.3, 0.4) is 0 Å². The van der Waals surface area contributed by atoms with Gasteiger partial charge in [-0.2, -0.15) is 4.31 Å². The van der Waals surface area contributed by atoms with Crippen LogP contribution in [0.5, 0.6) is 0 Å². The van der Waals surface area contributed by atoms with Crippen LogP contribution in [0.25, 0.3) is 0 Å². The lowest BCUT2D eigenvalue weighted by molar-refractivity contribution is 0.240. The molecule has 1 saturated carbocycles. The van der Waals surface area contributed by atoms with Crippen molar-refractivity contribution >= 4 is 10.0 Å². The molecular formula is C9H18N2O2S. The summed E-state index contributed by atoms with van der Waals surface area (Å²) >= 11 is 0. The first-order valence-corrected chi connectivity index (χ1v) is 6.88. The number of nitrogens with zero attached hydrogens (tertiary/aromatic N) is 1. The van der Waals surface area contributed by atoms with Gasteiger partial charge in [0.2, 0.25) is 10.0 Å². The van der Waals surface area contributed by atoms with E-state index < -0.39 is 10.0 Å². The summed E-state index contributed by atoms with van der Waals surface area (Å²) in [6.45, 7) is 2.85. The van der Waals surface area contributed by atoms with Crippen molar-refractivity contribution in [3.63, 3.8) is 0 Å². The average Bonchev–Trinajstić information content (AvgIpc) is 2.91. The first kappa shape index (κ1) is 10.4. The minimum absolute atomic E-state index is 0.187. The Morgan fingerprint density at radius 1 is 1.57 bits per heavy atom. The van der Waals surface area contributed by atoms with Gasteiger partial charge in [-0.3, -0.25) is 0 Å². The Morgan fingerprint density at radius 2 is 2.29 bits per heavy atom. The van der Waals surface area contributed by atoms with E-state index in [2.05, 4.69) is 0 Å². The van der Waals surface area contributed by atoms with Crippen molar-refractivity contribution in [2.24, 2.45) is 11.7 Å². The SMILES string of the molecule is CCS(=O)(=O)N1CCCC2CC21CN. The van der Waals surface area contributed by atoms with E-state index in [1.165, 1.54) is 0 Å². The first-order valence-electron chi connectivity index (χ1n) is 5.27. The summed E-state index contributed by atoms with van der Waals surface area (Å²) in [7, 11) is -3.05. The lowest BCUT2D eigenvalue weighted by Gasteiger charge is -2.34. The molecule has 1 saturated heterocycles. The number of fused-ring (bicyclic) bond motifs is 1. The zero-order valence-corrected chi connectivity index (χ0v) is 9.39. The molecule has 1 aliphatic carbocycles. The molecule has 1 heterocycles. The van der Waals surface area contributed by atoms with Gasteiger partial charge >= 0.3 is 0 Å². The van der Waals surface area contributed by atoms with E-state index in [0.29, 0.717) is 19.0 Å². The highest BCUT2D eigenvalue weighted by Gasteiger charge is 2.61. The van der Waals surface area contributed by atoms with E-state index in [9.17, 15) is 8.42 Å². The van der Waals surface area contributed by atoms with Crippen LogP contribution in [0, 0.1) is 5.92 Å². The summed E-state index contributed by atoms with van der Waals surface area (Å²) in [5, 5.41) is 0. The van der Waals surface area contributed by atoms with Gasteiger partial charge in [0.05, 0.1) is 11.3 Å². The van der Waals surface area contributed by atoms with E-state index in [0.717, 1.165) is 19.3 Å². The zero-order chi connectivity index (χ0) is 10.4. The molecular weight excluding hydrogens is 200 g/mol. The quantitative estimate of drug-likeness (QED) is 0.733. The van der Waals surface area contributed by atoms with Crippen LogP contribution in [0.1, 0.15) is 26.2 Å². The van der Waals surface area contributed by atoms with Crippen molar-refractivity contribution in [1.82, 2.24) is 4.31 Å². The van der Waals surface area contributed by atoms with Crippen LogP contribution in [0.2, 0.25) is 0 Å². The van der Waals surface area contributed by atoms with Gasteiger partial charge in [0.25, 0.3) is 0 Å². The third kappa shape index (κ3) is 1.30. The van der Waals surface area contributed by atoms with Crippen molar-refractivity contribution in [2.75, 3.05) is 18.8 Å². The maximum absolute atomic E-state index is 11.8.